The average molecular weight is 542 g/mol. The molecule has 2 aromatic rings. The second kappa shape index (κ2) is 12.7. The van der Waals surface area contributed by atoms with Crippen LogP contribution in [0.15, 0.2) is 47.5 Å². The number of aliphatic imine (C=N–C) groups is 1. The summed E-state index contributed by atoms with van der Waals surface area (Å²) in [5.41, 5.74) is 2.27. The summed E-state index contributed by atoms with van der Waals surface area (Å²) in [5, 5.41) is 6.86. The second-order valence-electron chi connectivity index (χ2n) is 7.46. The standard InChI is InChI=1S/C23H31FN4O2.HI/c1-25-23(26-10-8-17-4-6-19(24)7-5-17)27-20-9-11-28(16-20)15-18-12-21(29-2)14-22(13-18)30-3;/h4-7,12-14,20H,8-11,15-16H2,1-3H3,(H2,25,26,27);1H. The fraction of sp³-hybridized carbons (Fsp3) is 0.435. The number of hydrogen-bond donors (Lipinski definition) is 2. The number of likely N-dealkylation sites (tertiary alicyclic amines) is 1. The van der Waals surface area contributed by atoms with E-state index in [1.54, 1.807) is 21.3 Å². The van der Waals surface area contributed by atoms with Gasteiger partial charge in [0, 0.05) is 45.3 Å². The second-order valence-corrected chi connectivity index (χ2v) is 7.46. The topological polar surface area (TPSA) is 58.1 Å². The molecule has 0 aromatic heterocycles. The molecule has 1 saturated heterocycles. The number of halogens is 2. The van der Waals surface area contributed by atoms with Crippen molar-refractivity contribution in [2.24, 2.45) is 4.99 Å². The highest BCUT2D eigenvalue weighted by Crippen LogP contribution is 2.24. The van der Waals surface area contributed by atoms with E-state index in [0.29, 0.717) is 6.04 Å². The molecule has 170 valence electrons. The number of benzene rings is 2. The van der Waals surface area contributed by atoms with Gasteiger partial charge in [0.15, 0.2) is 5.96 Å². The third-order valence-corrected chi connectivity index (χ3v) is 5.27. The van der Waals surface area contributed by atoms with Crippen LogP contribution in [-0.4, -0.2) is 57.8 Å². The Morgan fingerprint density at radius 1 is 1.10 bits per heavy atom. The van der Waals surface area contributed by atoms with Crippen LogP contribution in [0.3, 0.4) is 0 Å². The zero-order valence-corrected chi connectivity index (χ0v) is 20.7. The van der Waals surface area contributed by atoms with Gasteiger partial charge in [0.05, 0.1) is 14.2 Å². The summed E-state index contributed by atoms with van der Waals surface area (Å²) in [6, 6.07) is 13.0. The summed E-state index contributed by atoms with van der Waals surface area (Å²) < 4.78 is 23.7. The van der Waals surface area contributed by atoms with E-state index >= 15 is 0 Å². The first-order valence-corrected chi connectivity index (χ1v) is 10.3. The van der Waals surface area contributed by atoms with Crippen molar-refractivity contribution in [1.29, 1.82) is 0 Å². The Morgan fingerprint density at radius 2 is 1.77 bits per heavy atom. The highest BCUT2D eigenvalue weighted by Gasteiger charge is 2.23. The number of hydrogen-bond acceptors (Lipinski definition) is 4. The number of nitrogens with zero attached hydrogens (tertiary/aromatic N) is 2. The maximum atomic E-state index is 13.0. The Labute approximate surface area is 201 Å². The molecule has 1 heterocycles. The van der Waals surface area contributed by atoms with Gasteiger partial charge in [0.1, 0.15) is 17.3 Å². The van der Waals surface area contributed by atoms with Gasteiger partial charge < -0.3 is 20.1 Å². The van der Waals surface area contributed by atoms with E-state index in [9.17, 15) is 4.39 Å². The molecule has 2 N–H and O–H groups in total. The lowest BCUT2D eigenvalue weighted by Gasteiger charge is -2.19. The summed E-state index contributed by atoms with van der Waals surface area (Å²) in [6.07, 6.45) is 1.87. The van der Waals surface area contributed by atoms with Crippen LogP contribution in [-0.2, 0) is 13.0 Å². The maximum absolute atomic E-state index is 13.0. The molecule has 1 atom stereocenters. The van der Waals surface area contributed by atoms with Crippen LogP contribution in [0.2, 0.25) is 0 Å². The van der Waals surface area contributed by atoms with Gasteiger partial charge in [0.25, 0.3) is 0 Å². The molecule has 0 bridgehead atoms. The first-order valence-electron chi connectivity index (χ1n) is 10.3. The molecular formula is C23H32FIN4O2. The molecule has 1 fully saturated rings. The summed E-state index contributed by atoms with van der Waals surface area (Å²) >= 11 is 0. The minimum Gasteiger partial charge on any atom is -0.497 e. The summed E-state index contributed by atoms with van der Waals surface area (Å²) in [5.74, 6) is 2.21. The monoisotopic (exact) mass is 542 g/mol. The quantitative estimate of drug-likeness (QED) is 0.304. The molecule has 6 nitrogen and oxygen atoms in total. The van der Waals surface area contributed by atoms with Crippen molar-refractivity contribution in [3.63, 3.8) is 0 Å². The molecule has 0 radical (unpaired) electrons. The van der Waals surface area contributed by atoms with Crippen molar-refractivity contribution in [3.05, 3.63) is 59.4 Å². The van der Waals surface area contributed by atoms with Crippen molar-refractivity contribution >= 4 is 29.9 Å². The lowest BCUT2D eigenvalue weighted by molar-refractivity contribution is 0.321. The van der Waals surface area contributed by atoms with E-state index in [1.165, 1.54) is 17.7 Å². The number of guanidine groups is 1. The highest BCUT2D eigenvalue weighted by molar-refractivity contribution is 14.0. The highest BCUT2D eigenvalue weighted by atomic mass is 127. The third kappa shape index (κ3) is 7.84. The van der Waals surface area contributed by atoms with Crippen LogP contribution in [0.1, 0.15) is 17.5 Å². The Balaban J connectivity index is 0.00000341. The van der Waals surface area contributed by atoms with Crippen molar-refractivity contribution < 1.29 is 13.9 Å². The maximum Gasteiger partial charge on any atom is 0.191 e. The van der Waals surface area contributed by atoms with Crippen LogP contribution in [0.25, 0.3) is 0 Å². The number of nitrogens with one attached hydrogen (secondary N) is 2. The van der Waals surface area contributed by atoms with Gasteiger partial charge in [-0.3, -0.25) is 9.89 Å². The molecule has 31 heavy (non-hydrogen) atoms. The fourth-order valence-electron chi connectivity index (χ4n) is 3.67. The molecule has 8 heteroatoms. The zero-order valence-electron chi connectivity index (χ0n) is 18.4. The van der Waals surface area contributed by atoms with Gasteiger partial charge in [-0.15, -0.1) is 24.0 Å². The predicted molar refractivity (Wildman–Crippen MR) is 133 cm³/mol. The molecule has 1 unspecified atom stereocenters. The van der Waals surface area contributed by atoms with E-state index < -0.39 is 0 Å². The number of methoxy groups -OCH3 is 2. The van der Waals surface area contributed by atoms with Gasteiger partial charge in [-0.25, -0.2) is 4.39 Å². The summed E-state index contributed by atoms with van der Waals surface area (Å²) in [4.78, 5) is 6.75. The SMILES string of the molecule is CN=C(NCCc1ccc(F)cc1)NC1CCN(Cc2cc(OC)cc(OC)c2)C1.I. The molecule has 2 aromatic carbocycles. The lowest BCUT2D eigenvalue weighted by atomic mass is 10.1. The van der Waals surface area contributed by atoms with E-state index in [2.05, 4.69) is 32.7 Å². The molecule has 0 spiro atoms. The Morgan fingerprint density at radius 3 is 2.39 bits per heavy atom. The van der Waals surface area contributed by atoms with Crippen LogP contribution >= 0.6 is 24.0 Å². The number of ether oxygens (including phenoxy) is 2. The predicted octanol–water partition coefficient (Wildman–Crippen LogP) is 3.44. The molecular weight excluding hydrogens is 510 g/mol. The first-order chi connectivity index (χ1) is 14.6. The fourth-order valence-corrected chi connectivity index (χ4v) is 3.67. The lowest BCUT2D eigenvalue weighted by Crippen LogP contribution is -2.45. The molecule has 3 rings (SSSR count). The van der Waals surface area contributed by atoms with Gasteiger partial charge >= 0.3 is 0 Å². The van der Waals surface area contributed by atoms with Crippen LogP contribution in [0, 0.1) is 5.82 Å². The average Bonchev–Trinajstić information content (AvgIpc) is 3.20. The minimum absolute atomic E-state index is 0. The summed E-state index contributed by atoms with van der Waals surface area (Å²) in [6.45, 7) is 3.55. The number of rotatable bonds is 8. The van der Waals surface area contributed by atoms with Crippen molar-refractivity contribution in [3.8, 4) is 11.5 Å². The van der Waals surface area contributed by atoms with Crippen molar-refractivity contribution in [1.82, 2.24) is 15.5 Å². The Kier molecular flexibility index (Phi) is 10.3. The first kappa shape index (κ1) is 25.2. The van der Waals surface area contributed by atoms with Gasteiger partial charge in [-0.1, -0.05) is 12.1 Å². The van der Waals surface area contributed by atoms with Crippen LogP contribution in [0.4, 0.5) is 4.39 Å². The van der Waals surface area contributed by atoms with Gasteiger partial charge in [-0.05, 0) is 48.2 Å². The smallest absolute Gasteiger partial charge is 0.191 e. The van der Waals surface area contributed by atoms with E-state index in [-0.39, 0.29) is 29.8 Å². The Hall–Kier alpha value is -2.07. The summed E-state index contributed by atoms with van der Waals surface area (Å²) in [7, 11) is 5.12. The van der Waals surface area contributed by atoms with E-state index in [4.69, 9.17) is 9.47 Å². The van der Waals surface area contributed by atoms with Crippen LogP contribution < -0.4 is 20.1 Å². The molecule has 1 aliphatic heterocycles. The minimum atomic E-state index is -0.206. The molecule has 0 saturated carbocycles. The molecule has 0 aliphatic carbocycles. The van der Waals surface area contributed by atoms with Crippen molar-refractivity contribution in [2.75, 3.05) is 40.9 Å². The van der Waals surface area contributed by atoms with E-state index in [1.807, 2.05) is 18.2 Å². The zero-order chi connectivity index (χ0) is 21.3. The Bertz CT molecular complexity index is 826. The van der Waals surface area contributed by atoms with Gasteiger partial charge in [0.2, 0.25) is 0 Å². The normalized spacial score (nSPS) is 16.5. The van der Waals surface area contributed by atoms with Crippen molar-refractivity contribution in [2.45, 2.75) is 25.4 Å². The largest absolute Gasteiger partial charge is 0.497 e. The third-order valence-electron chi connectivity index (χ3n) is 5.27. The molecule has 1 aliphatic rings. The van der Waals surface area contributed by atoms with Crippen LogP contribution in [0.5, 0.6) is 11.5 Å². The van der Waals surface area contributed by atoms with E-state index in [0.717, 1.165) is 62.0 Å². The van der Waals surface area contributed by atoms with Gasteiger partial charge in [-0.2, -0.15) is 0 Å². The molecule has 0 amide bonds.